The van der Waals surface area contributed by atoms with Crippen molar-refractivity contribution < 1.29 is 38.7 Å². The summed E-state index contributed by atoms with van der Waals surface area (Å²) in [6.07, 6.45) is -0.642. The van der Waals surface area contributed by atoms with Gasteiger partial charge >= 0.3 is 6.09 Å². The Balaban J connectivity index is 1.79. The molecule has 0 spiro atoms. The number of carbonyl (C=O) groups is 2. The van der Waals surface area contributed by atoms with Crippen molar-refractivity contribution in [2.24, 2.45) is 0 Å². The second-order valence-electron chi connectivity index (χ2n) is 6.41. The topological polar surface area (TPSA) is 186 Å². The van der Waals surface area contributed by atoms with Crippen molar-refractivity contribution in [3.63, 3.8) is 0 Å². The van der Waals surface area contributed by atoms with Crippen molar-refractivity contribution in [3.8, 4) is 34.3 Å². The standard InChI is InChI=1S/C20H18N4O9/c1-21-20(28)31-7-6-22-19(27)14-10-17(33-23-14)18-15(26)8-12(25)9-16(18)32-13-4-2-11(3-5-13)24(29)30/h2-5,8-10,25-26H,6-7H2,1H3,(H,21,28)(H,22,27). The van der Waals surface area contributed by atoms with Crippen LogP contribution < -0.4 is 15.4 Å². The summed E-state index contributed by atoms with van der Waals surface area (Å²) in [5.74, 6) is -1.28. The predicted octanol–water partition coefficient (Wildman–Crippen LogP) is 2.54. The largest absolute Gasteiger partial charge is 0.508 e. The highest BCUT2D eigenvalue weighted by Crippen LogP contribution is 2.43. The molecular weight excluding hydrogens is 440 g/mol. The van der Waals surface area contributed by atoms with Crippen molar-refractivity contribution in [1.82, 2.24) is 15.8 Å². The van der Waals surface area contributed by atoms with Gasteiger partial charge in [0.25, 0.3) is 11.6 Å². The molecule has 0 saturated carbocycles. The van der Waals surface area contributed by atoms with Crippen LogP contribution >= 0.6 is 0 Å². The first-order valence-electron chi connectivity index (χ1n) is 9.36. The minimum atomic E-state index is -0.642. The average molecular weight is 458 g/mol. The van der Waals surface area contributed by atoms with E-state index in [4.69, 9.17) is 14.0 Å². The molecule has 0 atom stereocenters. The maximum absolute atomic E-state index is 12.2. The minimum absolute atomic E-state index is 0.0133. The molecule has 13 heteroatoms. The molecule has 3 rings (SSSR count). The van der Waals surface area contributed by atoms with Gasteiger partial charge in [0, 0.05) is 37.4 Å². The number of non-ortho nitro benzene ring substituents is 1. The molecule has 0 aliphatic heterocycles. The Hall–Kier alpha value is -4.81. The highest BCUT2D eigenvalue weighted by molar-refractivity contribution is 5.93. The van der Waals surface area contributed by atoms with E-state index < -0.39 is 22.7 Å². The molecule has 0 unspecified atom stereocenters. The maximum Gasteiger partial charge on any atom is 0.406 e. The SMILES string of the molecule is CNC(=O)OCCNC(=O)c1cc(-c2c(O)cc(O)cc2Oc2ccc([N+](=O)[O-])cc2)on1. The highest BCUT2D eigenvalue weighted by atomic mass is 16.6. The van der Waals surface area contributed by atoms with Gasteiger partial charge in [-0.25, -0.2) is 4.79 Å². The van der Waals surface area contributed by atoms with Crippen LogP contribution in [-0.2, 0) is 4.74 Å². The van der Waals surface area contributed by atoms with Crippen molar-refractivity contribution in [2.75, 3.05) is 20.2 Å². The third-order valence-electron chi connectivity index (χ3n) is 4.16. The lowest BCUT2D eigenvalue weighted by Gasteiger charge is -2.11. The highest BCUT2D eigenvalue weighted by Gasteiger charge is 2.21. The Morgan fingerprint density at radius 1 is 1.18 bits per heavy atom. The molecule has 0 aliphatic carbocycles. The first-order valence-corrected chi connectivity index (χ1v) is 9.36. The third-order valence-corrected chi connectivity index (χ3v) is 4.16. The molecule has 172 valence electrons. The number of aromatic hydroxyl groups is 2. The second-order valence-corrected chi connectivity index (χ2v) is 6.41. The molecule has 2 aromatic carbocycles. The van der Waals surface area contributed by atoms with E-state index in [9.17, 15) is 29.9 Å². The number of nitro benzene ring substituents is 1. The van der Waals surface area contributed by atoms with Crippen LogP contribution in [0.25, 0.3) is 11.3 Å². The van der Waals surface area contributed by atoms with Gasteiger partial charge in [-0.15, -0.1) is 0 Å². The van der Waals surface area contributed by atoms with Gasteiger partial charge in [0.15, 0.2) is 11.5 Å². The number of phenolic OH excluding ortho intramolecular Hbond substituents is 2. The number of ether oxygens (including phenoxy) is 2. The number of rotatable bonds is 8. The molecule has 3 aromatic rings. The summed E-state index contributed by atoms with van der Waals surface area (Å²) in [6, 6.07) is 8.59. The monoisotopic (exact) mass is 458 g/mol. The summed E-state index contributed by atoms with van der Waals surface area (Å²) in [6.45, 7) is -0.0461. The molecule has 0 aliphatic rings. The number of hydrogen-bond donors (Lipinski definition) is 4. The fraction of sp³-hybridized carbons (Fsp3) is 0.150. The molecule has 2 amide bonds. The van der Waals surface area contributed by atoms with E-state index in [1.165, 1.54) is 43.4 Å². The first kappa shape index (κ1) is 22.9. The fourth-order valence-corrected chi connectivity index (χ4v) is 2.65. The lowest BCUT2D eigenvalue weighted by molar-refractivity contribution is -0.384. The van der Waals surface area contributed by atoms with Crippen molar-refractivity contribution >= 4 is 17.7 Å². The predicted molar refractivity (Wildman–Crippen MR) is 111 cm³/mol. The Kier molecular flexibility index (Phi) is 6.93. The summed E-state index contributed by atoms with van der Waals surface area (Å²) in [5.41, 5.74) is -0.285. The van der Waals surface area contributed by atoms with Crippen LogP contribution in [0.4, 0.5) is 10.5 Å². The number of phenols is 2. The van der Waals surface area contributed by atoms with E-state index >= 15 is 0 Å². The number of aromatic nitrogens is 1. The maximum atomic E-state index is 12.2. The lowest BCUT2D eigenvalue weighted by Crippen LogP contribution is -2.30. The zero-order chi connectivity index (χ0) is 24.0. The lowest BCUT2D eigenvalue weighted by atomic mass is 10.1. The van der Waals surface area contributed by atoms with Crippen molar-refractivity contribution in [3.05, 3.63) is 58.3 Å². The van der Waals surface area contributed by atoms with Crippen molar-refractivity contribution in [1.29, 1.82) is 0 Å². The number of carbonyl (C=O) groups excluding carboxylic acids is 2. The second kappa shape index (κ2) is 10.00. The summed E-state index contributed by atoms with van der Waals surface area (Å²) < 4.78 is 15.6. The van der Waals surface area contributed by atoms with Gasteiger partial charge < -0.3 is 34.8 Å². The molecule has 33 heavy (non-hydrogen) atoms. The van der Waals surface area contributed by atoms with Gasteiger partial charge in [-0.3, -0.25) is 14.9 Å². The summed E-state index contributed by atoms with van der Waals surface area (Å²) in [4.78, 5) is 33.5. The van der Waals surface area contributed by atoms with E-state index in [1.807, 2.05) is 0 Å². The van der Waals surface area contributed by atoms with E-state index in [2.05, 4.69) is 15.8 Å². The van der Waals surface area contributed by atoms with Gasteiger partial charge in [0.05, 0.1) is 11.5 Å². The van der Waals surface area contributed by atoms with E-state index in [1.54, 1.807) is 0 Å². The fourth-order valence-electron chi connectivity index (χ4n) is 2.65. The summed E-state index contributed by atoms with van der Waals surface area (Å²) in [5, 5.41) is 39.4. The van der Waals surface area contributed by atoms with Crippen LogP contribution in [0, 0.1) is 10.1 Å². The quantitative estimate of drug-likeness (QED) is 0.222. The Morgan fingerprint density at radius 2 is 1.91 bits per heavy atom. The molecule has 1 aromatic heterocycles. The van der Waals surface area contributed by atoms with E-state index in [0.717, 1.165) is 6.07 Å². The van der Waals surface area contributed by atoms with Crippen LogP contribution in [0.3, 0.4) is 0 Å². The molecule has 0 fully saturated rings. The Labute approximate surface area is 185 Å². The van der Waals surface area contributed by atoms with E-state index in [0.29, 0.717) is 0 Å². The summed E-state index contributed by atoms with van der Waals surface area (Å²) in [7, 11) is 1.40. The van der Waals surface area contributed by atoms with Crippen LogP contribution in [-0.4, -0.2) is 52.5 Å². The molecule has 4 N–H and O–H groups in total. The molecule has 1 heterocycles. The molecular formula is C20H18N4O9. The van der Waals surface area contributed by atoms with Crippen molar-refractivity contribution in [2.45, 2.75) is 0 Å². The van der Waals surface area contributed by atoms with Crippen LogP contribution in [0.5, 0.6) is 23.0 Å². The molecule has 13 nitrogen and oxygen atoms in total. The number of nitro groups is 1. The third kappa shape index (κ3) is 5.66. The van der Waals surface area contributed by atoms with Crippen LogP contribution in [0.2, 0.25) is 0 Å². The van der Waals surface area contributed by atoms with Gasteiger partial charge in [-0.1, -0.05) is 5.16 Å². The number of amides is 2. The van der Waals surface area contributed by atoms with Crippen LogP contribution in [0.15, 0.2) is 47.0 Å². The Bertz CT molecular complexity index is 1170. The van der Waals surface area contributed by atoms with Gasteiger partial charge in [0.2, 0.25) is 0 Å². The zero-order valence-corrected chi connectivity index (χ0v) is 17.1. The van der Waals surface area contributed by atoms with Gasteiger partial charge in [-0.05, 0) is 12.1 Å². The number of nitrogens with one attached hydrogen (secondary N) is 2. The minimum Gasteiger partial charge on any atom is -0.508 e. The van der Waals surface area contributed by atoms with Crippen LogP contribution in [0.1, 0.15) is 10.5 Å². The van der Waals surface area contributed by atoms with E-state index in [-0.39, 0.29) is 53.1 Å². The zero-order valence-electron chi connectivity index (χ0n) is 17.1. The van der Waals surface area contributed by atoms with Gasteiger partial charge in [-0.2, -0.15) is 0 Å². The Morgan fingerprint density at radius 3 is 2.58 bits per heavy atom. The summed E-state index contributed by atoms with van der Waals surface area (Å²) >= 11 is 0. The first-order chi connectivity index (χ1) is 15.8. The average Bonchev–Trinajstić information content (AvgIpc) is 3.26. The number of hydrogen-bond acceptors (Lipinski definition) is 10. The normalized spacial score (nSPS) is 10.3. The molecule has 0 saturated heterocycles. The number of benzene rings is 2. The molecule has 0 bridgehead atoms. The molecule has 0 radical (unpaired) electrons. The van der Waals surface area contributed by atoms with Gasteiger partial charge in [0.1, 0.15) is 35.2 Å². The smallest absolute Gasteiger partial charge is 0.406 e. The number of alkyl carbamates (subject to hydrolysis) is 1. The number of nitrogens with zero attached hydrogens (tertiary/aromatic N) is 2.